The molecular weight excluding hydrogens is 280 g/mol. The molecule has 0 saturated carbocycles. The van der Waals surface area contributed by atoms with Crippen LogP contribution in [0.5, 0.6) is 0 Å². The Hall–Kier alpha value is -1.44. The van der Waals surface area contributed by atoms with Gasteiger partial charge < -0.3 is 10.1 Å². The lowest BCUT2D eigenvalue weighted by molar-refractivity contribution is -0.115. The van der Waals surface area contributed by atoms with Crippen LogP contribution in [0, 0.1) is 0 Å². The van der Waals surface area contributed by atoms with Gasteiger partial charge in [-0.15, -0.1) is 0 Å². The lowest BCUT2D eigenvalue weighted by atomic mass is 10.1. The first-order chi connectivity index (χ1) is 9.54. The van der Waals surface area contributed by atoms with E-state index in [1.165, 1.54) is 6.07 Å². The Morgan fingerprint density at radius 3 is 2.75 bits per heavy atom. The van der Waals surface area contributed by atoms with Crippen LogP contribution in [0.15, 0.2) is 23.1 Å². The van der Waals surface area contributed by atoms with Gasteiger partial charge in [0.25, 0.3) is 0 Å². The van der Waals surface area contributed by atoms with Crippen LogP contribution >= 0.6 is 0 Å². The molecular formula is C13H16N2O4S. The van der Waals surface area contributed by atoms with Crippen molar-refractivity contribution in [3.63, 3.8) is 0 Å². The monoisotopic (exact) mass is 296 g/mol. The summed E-state index contributed by atoms with van der Waals surface area (Å²) in [5.41, 5.74) is 1.42. The Labute approximate surface area is 117 Å². The second-order valence-electron chi connectivity index (χ2n) is 5.05. The molecule has 7 heteroatoms. The van der Waals surface area contributed by atoms with Crippen LogP contribution in [0.25, 0.3) is 0 Å². The first-order valence-corrected chi connectivity index (χ1v) is 8.06. The number of amides is 1. The smallest absolute Gasteiger partial charge is 0.240 e. The van der Waals surface area contributed by atoms with Gasteiger partial charge in [-0.1, -0.05) is 0 Å². The third-order valence-electron chi connectivity index (χ3n) is 3.56. The van der Waals surface area contributed by atoms with Crippen molar-refractivity contribution in [1.29, 1.82) is 0 Å². The van der Waals surface area contributed by atoms with Crippen LogP contribution in [0.2, 0.25) is 0 Å². The van der Waals surface area contributed by atoms with Gasteiger partial charge in [-0.25, -0.2) is 13.1 Å². The van der Waals surface area contributed by atoms with E-state index in [0.717, 1.165) is 5.56 Å². The highest BCUT2D eigenvalue weighted by atomic mass is 32.2. The quantitative estimate of drug-likeness (QED) is 0.857. The normalized spacial score (nSPS) is 19.7. The van der Waals surface area contributed by atoms with E-state index in [4.69, 9.17) is 4.74 Å². The number of nitrogens with one attached hydrogen (secondary N) is 2. The summed E-state index contributed by atoms with van der Waals surface area (Å²) in [7, 11) is -3.54. The van der Waals surface area contributed by atoms with Crippen LogP contribution in [0.3, 0.4) is 0 Å². The largest absolute Gasteiger partial charge is 0.381 e. The van der Waals surface area contributed by atoms with Gasteiger partial charge in [0.05, 0.1) is 11.3 Å². The van der Waals surface area contributed by atoms with Crippen molar-refractivity contribution in [2.45, 2.75) is 30.2 Å². The lowest BCUT2D eigenvalue weighted by Crippen LogP contribution is -2.38. The molecule has 2 aliphatic rings. The van der Waals surface area contributed by atoms with Crippen molar-refractivity contribution >= 4 is 21.6 Å². The SMILES string of the molecule is O=C1Cc2cc(S(=O)(=O)NC3CCOCC3)ccc2N1. The maximum atomic E-state index is 12.3. The highest BCUT2D eigenvalue weighted by Gasteiger charge is 2.25. The topological polar surface area (TPSA) is 84.5 Å². The molecule has 0 aliphatic carbocycles. The number of sulfonamides is 1. The van der Waals surface area contributed by atoms with E-state index in [1.807, 2.05) is 0 Å². The zero-order chi connectivity index (χ0) is 14.2. The van der Waals surface area contributed by atoms with Gasteiger partial charge in [0.1, 0.15) is 0 Å². The first-order valence-electron chi connectivity index (χ1n) is 6.57. The van der Waals surface area contributed by atoms with Crippen LogP contribution in [-0.2, 0) is 26.0 Å². The third-order valence-corrected chi connectivity index (χ3v) is 5.07. The fourth-order valence-corrected chi connectivity index (χ4v) is 3.83. The van der Waals surface area contributed by atoms with Crippen molar-refractivity contribution in [3.05, 3.63) is 23.8 Å². The average molecular weight is 296 g/mol. The molecule has 3 rings (SSSR count). The maximum absolute atomic E-state index is 12.3. The Morgan fingerprint density at radius 1 is 1.25 bits per heavy atom. The Bertz CT molecular complexity index is 636. The van der Waals surface area contributed by atoms with Crippen molar-refractivity contribution in [2.24, 2.45) is 0 Å². The number of rotatable bonds is 3. The summed E-state index contributed by atoms with van der Waals surface area (Å²) in [6.45, 7) is 1.16. The van der Waals surface area contributed by atoms with Crippen molar-refractivity contribution in [2.75, 3.05) is 18.5 Å². The molecule has 20 heavy (non-hydrogen) atoms. The zero-order valence-electron chi connectivity index (χ0n) is 10.9. The molecule has 2 heterocycles. The minimum Gasteiger partial charge on any atom is -0.381 e. The summed E-state index contributed by atoms with van der Waals surface area (Å²) in [5, 5.41) is 2.69. The fourth-order valence-electron chi connectivity index (χ4n) is 2.48. The summed E-state index contributed by atoms with van der Waals surface area (Å²) < 4.78 is 32.6. The van der Waals surface area contributed by atoms with E-state index in [9.17, 15) is 13.2 Å². The highest BCUT2D eigenvalue weighted by molar-refractivity contribution is 7.89. The van der Waals surface area contributed by atoms with E-state index in [-0.39, 0.29) is 23.3 Å². The average Bonchev–Trinajstić information content (AvgIpc) is 2.78. The lowest BCUT2D eigenvalue weighted by Gasteiger charge is -2.23. The predicted molar refractivity (Wildman–Crippen MR) is 72.9 cm³/mol. The molecule has 1 fully saturated rings. The van der Waals surface area contributed by atoms with E-state index in [2.05, 4.69) is 10.0 Å². The molecule has 108 valence electrons. The van der Waals surface area contributed by atoms with Crippen LogP contribution in [-0.4, -0.2) is 33.6 Å². The fraction of sp³-hybridized carbons (Fsp3) is 0.462. The minimum absolute atomic E-state index is 0.0817. The number of carbonyl (C=O) groups excluding carboxylic acids is 1. The summed E-state index contributed by atoms with van der Waals surface area (Å²) in [5.74, 6) is -0.105. The maximum Gasteiger partial charge on any atom is 0.240 e. The van der Waals surface area contributed by atoms with Crippen LogP contribution < -0.4 is 10.0 Å². The van der Waals surface area contributed by atoms with Gasteiger partial charge in [-0.05, 0) is 36.6 Å². The van der Waals surface area contributed by atoms with E-state index >= 15 is 0 Å². The van der Waals surface area contributed by atoms with Gasteiger partial charge >= 0.3 is 0 Å². The van der Waals surface area contributed by atoms with Gasteiger partial charge in [0, 0.05) is 24.9 Å². The Morgan fingerprint density at radius 2 is 2.00 bits per heavy atom. The number of anilines is 1. The van der Waals surface area contributed by atoms with Gasteiger partial charge in [0.15, 0.2) is 0 Å². The predicted octanol–water partition coefficient (Wildman–Crippen LogP) is 0.638. The number of benzene rings is 1. The van der Waals surface area contributed by atoms with Gasteiger partial charge in [0.2, 0.25) is 15.9 Å². The molecule has 6 nitrogen and oxygen atoms in total. The molecule has 0 atom stereocenters. The number of fused-ring (bicyclic) bond motifs is 1. The van der Waals surface area contributed by atoms with E-state index < -0.39 is 10.0 Å². The van der Waals surface area contributed by atoms with Crippen LogP contribution in [0.1, 0.15) is 18.4 Å². The molecule has 2 aliphatic heterocycles. The molecule has 1 aromatic rings. The van der Waals surface area contributed by atoms with Crippen LogP contribution in [0.4, 0.5) is 5.69 Å². The van der Waals surface area contributed by atoms with Crippen molar-refractivity contribution < 1.29 is 17.9 Å². The summed E-state index contributed by atoms with van der Waals surface area (Å²) in [6, 6.07) is 4.64. The second-order valence-corrected chi connectivity index (χ2v) is 6.77. The molecule has 1 saturated heterocycles. The standard InChI is InChI=1S/C13H16N2O4S/c16-13-8-9-7-11(1-2-12(9)14-13)20(17,18)15-10-3-5-19-6-4-10/h1-2,7,10,15H,3-6,8H2,(H,14,16). The number of hydrogen-bond acceptors (Lipinski definition) is 4. The number of carbonyl (C=O) groups is 1. The Kier molecular flexibility index (Phi) is 3.49. The van der Waals surface area contributed by atoms with E-state index in [1.54, 1.807) is 12.1 Å². The van der Waals surface area contributed by atoms with Gasteiger partial charge in [-0.2, -0.15) is 0 Å². The van der Waals surface area contributed by atoms with E-state index in [0.29, 0.717) is 31.7 Å². The first kappa shape index (κ1) is 13.5. The third kappa shape index (κ3) is 2.70. The van der Waals surface area contributed by atoms with Crippen molar-refractivity contribution in [1.82, 2.24) is 4.72 Å². The minimum atomic E-state index is -3.54. The molecule has 0 unspecified atom stereocenters. The summed E-state index contributed by atoms with van der Waals surface area (Å²) in [6.07, 6.45) is 1.60. The molecule has 0 aromatic heterocycles. The molecule has 0 radical (unpaired) electrons. The summed E-state index contributed by atoms with van der Waals surface area (Å²) >= 11 is 0. The van der Waals surface area contributed by atoms with Crippen molar-refractivity contribution in [3.8, 4) is 0 Å². The molecule has 0 spiro atoms. The molecule has 1 aromatic carbocycles. The number of hydrogen-bond donors (Lipinski definition) is 2. The molecule has 0 bridgehead atoms. The Balaban J connectivity index is 1.81. The second kappa shape index (κ2) is 5.16. The summed E-state index contributed by atoms with van der Waals surface area (Å²) in [4.78, 5) is 11.5. The number of ether oxygens (including phenoxy) is 1. The van der Waals surface area contributed by atoms with Gasteiger partial charge in [-0.3, -0.25) is 4.79 Å². The highest BCUT2D eigenvalue weighted by Crippen LogP contribution is 2.26. The molecule has 2 N–H and O–H groups in total. The zero-order valence-corrected chi connectivity index (χ0v) is 11.7. The molecule has 1 amide bonds.